The third-order valence-corrected chi connectivity index (χ3v) is 1.69. The summed E-state index contributed by atoms with van der Waals surface area (Å²) in [4.78, 5) is 3.66. The van der Waals surface area contributed by atoms with Crippen molar-refractivity contribution in [1.29, 1.82) is 0 Å². The van der Waals surface area contributed by atoms with E-state index in [0.29, 0.717) is 5.56 Å². The number of aliphatic hydroxyl groups excluding tert-OH is 2. The van der Waals surface area contributed by atoms with Crippen LogP contribution < -0.4 is 5.73 Å². The van der Waals surface area contributed by atoms with Gasteiger partial charge in [-0.15, -0.1) is 0 Å². The molecule has 72 valence electrons. The first-order valence-electron chi connectivity index (χ1n) is 3.85. The Hall–Kier alpha value is -1.17. The monoisotopic (exact) mass is 184 g/mol. The summed E-state index contributed by atoms with van der Waals surface area (Å²) in [6, 6.07) is 1.33. The van der Waals surface area contributed by atoms with Crippen molar-refractivity contribution in [1.82, 2.24) is 4.98 Å². The van der Waals surface area contributed by atoms with Crippen molar-refractivity contribution < 1.29 is 15.3 Å². The van der Waals surface area contributed by atoms with Gasteiger partial charge in [0.05, 0.1) is 12.3 Å². The summed E-state index contributed by atoms with van der Waals surface area (Å²) in [7, 11) is 0. The van der Waals surface area contributed by atoms with Gasteiger partial charge in [-0.25, -0.2) is 0 Å². The number of aromatic nitrogens is 1. The normalized spacial score (nSPS) is 15.3. The van der Waals surface area contributed by atoms with E-state index in [0.717, 1.165) is 0 Å². The van der Waals surface area contributed by atoms with Crippen LogP contribution in [0.3, 0.4) is 0 Å². The maximum Gasteiger partial charge on any atom is 0.134 e. The zero-order chi connectivity index (χ0) is 9.84. The second-order valence-electron chi connectivity index (χ2n) is 2.72. The van der Waals surface area contributed by atoms with Crippen molar-refractivity contribution in [3.8, 4) is 5.75 Å². The molecule has 0 amide bonds. The van der Waals surface area contributed by atoms with Crippen LogP contribution in [0.15, 0.2) is 18.5 Å². The highest BCUT2D eigenvalue weighted by atomic mass is 16.3. The Morgan fingerprint density at radius 2 is 2.08 bits per heavy atom. The lowest BCUT2D eigenvalue weighted by molar-refractivity contribution is 0.0240. The molecular weight excluding hydrogens is 172 g/mol. The van der Waals surface area contributed by atoms with Gasteiger partial charge >= 0.3 is 0 Å². The molecule has 0 radical (unpaired) electrons. The summed E-state index contributed by atoms with van der Waals surface area (Å²) >= 11 is 0. The molecule has 2 unspecified atom stereocenters. The van der Waals surface area contributed by atoms with Gasteiger partial charge in [-0.2, -0.15) is 0 Å². The molecule has 1 rings (SSSR count). The van der Waals surface area contributed by atoms with E-state index in [-0.39, 0.29) is 12.3 Å². The Morgan fingerprint density at radius 3 is 2.62 bits per heavy atom. The number of hydrogen-bond acceptors (Lipinski definition) is 5. The van der Waals surface area contributed by atoms with Crippen molar-refractivity contribution in [2.45, 2.75) is 12.2 Å². The van der Waals surface area contributed by atoms with Gasteiger partial charge in [0.1, 0.15) is 11.9 Å². The molecule has 1 aromatic heterocycles. The third kappa shape index (κ3) is 2.38. The van der Waals surface area contributed by atoms with E-state index in [2.05, 4.69) is 4.98 Å². The van der Waals surface area contributed by atoms with E-state index in [4.69, 9.17) is 10.8 Å². The minimum atomic E-state index is -1.11. The molecule has 0 aliphatic carbocycles. The van der Waals surface area contributed by atoms with E-state index >= 15 is 0 Å². The van der Waals surface area contributed by atoms with Crippen LogP contribution in [0.25, 0.3) is 0 Å². The third-order valence-electron chi connectivity index (χ3n) is 1.69. The quantitative estimate of drug-likeness (QED) is 0.490. The molecule has 5 heteroatoms. The lowest BCUT2D eigenvalue weighted by atomic mass is 10.1. The predicted molar refractivity (Wildman–Crippen MR) is 45.9 cm³/mol. The second kappa shape index (κ2) is 4.18. The van der Waals surface area contributed by atoms with Crippen LogP contribution in [0.5, 0.6) is 5.75 Å². The highest BCUT2D eigenvalue weighted by Gasteiger charge is 2.17. The first-order chi connectivity index (χ1) is 6.15. The Morgan fingerprint density at radius 1 is 1.38 bits per heavy atom. The van der Waals surface area contributed by atoms with Crippen LogP contribution in [0.1, 0.15) is 11.7 Å². The lowest BCUT2D eigenvalue weighted by Crippen LogP contribution is -2.27. The number of nitrogens with two attached hydrogens (primary N) is 1. The average molecular weight is 184 g/mol. The van der Waals surface area contributed by atoms with Crippen LogP contribution >= 0.6 is 0 Å². The smallest absolute Gasteiger partial charge is 0.134 e. The minimum absolute atomic E-state index is 0.0448. The fraction of sp³-hybridized carbons (Fsp3) is 0.375. The van der Waals surface area contributed by atoms with Crippen LogP contribution in [-0.2, 0) is 0 Å². The van der Waals surface area contributed by atoms with Gasteiger partial charge in [-0.05, 0) is 6.07 Å². The molecule has 0 bridgehead atoms. The van der Waals surface area contributed by atoms with E-state index in [1.807, 2.05) is 0 Å². The lowest BCUT2D eigenvalue weighted by Gasteiger charge is -2.15. The SMILES string of the molecule is NCC(O)C(O)c1cncc(O)c1. The van der Waals surface area contributed by atoms with Crippen LogP contribution in [0.4, 0.5) is 0 Å². The summed E-state index contributed by atoms with van der Waals surface area (Å²) in [5.74, 6) is -0.0548. The summed E-state index contributed by atoms with van der Waals surface area (Å²) in [5, 5.41) is 27.6. The standard InChI is InChI=1S/C8H12N2O3/c9-2-7(12)8(13)5-1-6(11)4-10-3-5/h1,3-4,7-8,11-13H,2,9H2. The minimum Gasteiger partial charge on any atom is -0.506 e. The van der Waals surface area contributed by atoms with Crippen LogP contribution in [-0.4, -0.2) is 33.0 Å². The van der Waals surface area contributed by atoms with E-state index in [9.17, 15) is 10.2 Å². The van der Waals surface area contributed by atoms with Crippen molar-refractivity contribution >= 4 is 0 Å². The van der Waals surface area contributed by atoms with E-state index in [1.54, 1.807) is 0 Å². The number of aromatic hydroxyl groups is 1. The maximum atomic E-state index is 9.43. The summed E-state index contributed by atoms with van der Waals surface area (Å²) < 4.78 is 0. The number of aliphatic hydroxyl groups is 2. The predicted octanol–water partition coefficient (Wildman–Crippen LogP) is -0.860. The summed E-state index contributed by atoms with van der Waals surface area (Å²) in [6.07, 6.45) is 0.460. The second-order valence-corrected chi connectivity index (χ2v) is 2.72. The van der Waals surface area contributed by atoms with Crippen LogP contribution in [0.2, 0.25) is 0 Å². The molecule has 0 aliphatic heterocycles. The topological polar surface area (TPSA) is 99.6 Å². The molecule has 0 saturated heterocycles. The highest BCUT2D eigenvalue weighted by Crippen LogP contribution is 2.18. The summed E-state index contributed by atoms with van der Waals surface area (Å²) in [5.41, 5.74) is 5.50. The fourth-order valence-electron chi connectivity index (χ4n) is 0.958. The average Bonchev–Trinajstić information content (AvgIpc) is 2.15. The molecule has 1 aromatic rings. The van der Waals surface area contributed by atoms with Crippen LogP contribution in [0, 0.1) is 0 Å². The molecule has 1 heterocycles. The van der Waals surface area contributed by atoms with E-state index in [1.165, 1.54) is 18.5 Å². The highest BCUT2D eigenvalue weighted by molar-refractivity contribution is 5.24. The molecule has 5 nitrogen and oxygen atoms in total. The van der Waals surface area contributed by atoms with Gasteiger partial charge in [-0.1, -0.05) is 0 Å². The van der Waals surface area contributed by atoms with Gasteiger partial charge in [0, 0.05) is 18.3 Å². The van der Waals surface area contributed by atoms with Crippen molar-refractivity contribution in [2.24, 2.45) is 5.73 Å². The molecular formula is C8H12N2O3. The molecule has 0 saturated carbocycles. The molecule has 0 aliphatic rings. The van der Waals surface area contributed by atoms with Gasteiger partial charge in [0.2, 0.25) is 0 Å². The van der Waals surface area contributed by atoms with Crippen molar-refractivity contribution in [3.63, 3.8) is 0 Å². The zero-order valence-corrected chi connectivity index (χ0v) is 6.96. The largest absolute Gasteiger partial charge is 0.506 e. The number of nitrogens with zero attached hydrogens (tertiary/aromatic N) is 1. The molecule has 5 N–H and O–H groups in total. The molecule has 13 heavy (non-hydrogen) atoms. The summed E-state index contributed by atoms with van der Waals surface area (Å²) in [6.45, 7) is -0.0448. The van der Waals surface area contributed by atoms with Gasteiger partial charge in [0.25, 0.3) is 0 Å². The number of pyridine rings is 1. The van der Waals surface area contributed by atoms with Crippen molar-refractivity contribution in [2.75, 3.05) is 6.54 Å². The number of hydrogen-bond donors (Lipinski definition) is 4. The van der Waals surface area contributed by atoms with E-state index < -0.39 is 12.2 Å². The Balaban J connectivity index is 2.82. The molecule has 0 fully saturated rings. The first-order valence-corrected chi connectivity index (χ1v) is 3.85. The van der Waals surface area contributed by atoms with Gasteiger partial charge in [-0.3, -0.25) is 4.98 Å². The molecule has 2 atom stereocenters. The van der Waals surface area contributed by atoms with Gasteiger partial charge < -0.3 is 21.1 Å². The molecule has 0 aromatic carbocycles. The van der Waals surface area contributed by atoms with Crippen molar-refractivity contribution in [3.05, 3.63) is 24.0 Å². The number of rotatable bonds is 3. The first kappa shape index (κ1) is 9.91. The fourth-order valence-corrected chi connectivity index (χ4v) is 0.958. The Bertz CT molecular complexity index is 280. The zero-order valence-electron chi connectivity index (χ0n) is 6.96. The molecule has 0 spiro atoms. The maximum absolute atomic E-state index is 9.43. The van der Waals surface area contributed by atoms with Gasteiger partial charge in [0.15, 0.2) is 0 Å². The Kier molecular flexibility index (Phi) is 3.18. The Labute approximate surface area is 75.5 Å².